The number of halogens is 1. The maximum atomic E-state index is 15.2. The molecule has 2 unspecified atom stereocenters. The maximum Gasteiger partial charge on any atom is 0.284 e. The fraction of sp³-hybridized carbons (Fsp3) is 0.194. The minimum atomic E-state index is -0.693. The molecular formula is C31H28FN5O5. The van der Waals surface area contributed by atoms with Gasteiger partial charge >= 0.3 is 0 Å². The highest BCUT2D eigenvalue weighted by atomic mass is 19.1. The van der Waals surface area contributed by atoms with Crippen LogP contribution in [0.4, 0.5) is 10.1 Å². The predicted octanol–water partition coefficient (Wildman–Crippen LogP) is 4.96. The third kappa shape index (κ3) is 5.22. The number of carbonyl (C=O) groups is 1. The molecule has 1 amide bonds. The summed E-state index contributed by atoms with van der Waals surface area (Å²) in [6.45, 7) is 2.85. The van der Waals surface area contributed by atoms with Crippen molar-refractivity contribution in [2.75, 3.05) is 25.7 Å². The molecule has 1 aliphatic rings. The molecule has 10 nitrogen and oxygen atoms in total. The minimum absolute atomic E-state index is 0.0374. The lowest BCUT2D eigenvalue weighted by atomic mass is 9.97. The minimum Gasteiger partial charge on any atom is -0.497 e. The molecule has 0 radical (unpaired) electrons. The molecule has 2 aromatic heterocycles. The van der Waals surface area contributed by atoms with Crippen LogP contribution in [0.1, 0.15) is 28.9 Å². The van der Waals surface area contributed by atoms with Crippen molar-refractivity contribution in [3.8, 4) is 22.9 Å². The normalized spacial score (nSPS) is 15.5. The Morgan fingerprint density at radius 1 is 1.12 bits per heavy atom. The number of methoxy groups -OCH3 is 1. The number of anilines is 1. The highest BCUT2D eigenvalue weighted by molar-refractivity contribution is 6.05. The zero-order valence-corrected chi connectivity index (χ0v) is 22.9. The summed E-state index contributed by atoms with van der Waals surface area (Å²) in [6, 6.07) is 20.0. The van der Waals surface area contributed by atoms with E-state index in [9.17, 15) is 9.59 Å². The number of carbonyl (C=O) groups excluding carboxylic acids is 1. The molecule has 0 aliphatic carbocycles. The number of ether oxygens (including phenoxy) is 3. The molecule has 0 saturated carbocycles. The molecule has 1 fully saturated rings. The van der Waals surface area contributed by atoms with Crippen molar-refractivity contribution in [1.82, 2.24) is 20.1 Å². The quantitative estimate of drug-likeness (QED) is 0.242. The van der Waals surface area contributed by atoms with Gasteiger partial charge in [0.05, 0.1) is 36.8 Å². The summed E-state index contributed by atoms with van der Waals surface area (Å²) >= 11 is 0. The second-order valence-electron chi connectivity index (χ2n) is 9.86. The summed E-state index contributed by atoms with van der Waals surface area (Å²) in [6.07, 6.45) is 1.33. The lowest BCUT2D eigenvalue weighted by molar-refractivity contribution is 0.0939. The molecule has 3 aromatic carbocycles. The van der Waals surface area contributed by atoms with Gasteiger partial charge in [-0.2, -0.15) is 0 Å². The van der Waals surface area contributed by atoms with E-state index in [0.717, 1.165) is 6.07 Å². The van der Waals surface area contributed by atoms with Crippen LogP contribution in [-0.2, 0) is 4.74 Å². The van der Waals surface area contributed by atoms with Crippen molar-refractivity contribution >= 4 is 22.5 Å². The first-order valence-electron chi connectivity index (χ1n) is 13.4. The molecule has 1 saturated heterocycles. The van der Waals surface area contributed by atoms with Gasteiger partial charge in [-0.05, 0) is 42.5 Å². The fourth-order valence-electron chi connectivity index (χ4n) is 4.99. The average molecular weight is 570 g/mol. The van der Waals surface area contributed by atoms with Crippen LogP contribution in [0.5, 0.6) is 17.2 Å². The lowest BCUT2D eigenvalue weighted by Crippen LogP contribution is -2.27. The van der Waals surface area contributed by atoms with Gasteiger partial charge in [0, 0.05) is 41.9 Å². The largest absolute Gasteiger partial charge is 0.497 e. The van der Waals surface area contributed by atoms with Crippen LogP contribution in [0.25, 0.3) is 16.6 Å². The van der Waals surface area contributed by atoms with E-state index < -0.39 is 17.3 Å². The Morgan fingerprint density at radius 2 is 1.95 bits per heavy atom. The summed E-state index contributed by atoms with van der Waals surface area (Å²) in [5.41, 5.74) is 1.22. The monoisotopic (exact) mass is 569 g/mol. The first-order chi connectivity index (χ1) is 20.4. The molecule has 3 N–H and O–H groups in total. The number of benzene rings is 3. The molecule has 6 rings (SSSR count). The van der Waals surface area contributed by atoms with Crippen LogP contribution in [0.15, 0.2) is 83.8 Å². The number of hydrogen-bond donors (Lipinski definition) is 3. The highest BCUT2D eigenvalue weighted by Crippen LogP contribution is 2.33. The van der Waals surface area contributed by atoms with E-state index in [-0.39, 0.29) is 29.0 Å². The van der Waals surface area contributed by atoms with Gasteiger partial charge in [0.2, 0.25) is 0 Å². The SMILES string of the molecule is COc1ccc2c(Oc3ccc(NC(=O)c4c(C(C)C5CNCO5)[nH]n(-c5ccccc5)c4=O)cc3F)ccnc2c1. The zero-order valence-electron chi connectivity index (χ0n) is 22.9. The molecule has 3 heterocycles. The molecular weight excluding hydrogens is 541 g/mol. The van der Waals surface area contributed by atoms with Crippen LogP contribution in [0.2, 0.25) is 0 Å². The second-order valence-corrected chi connectivity index (χ2v) is 9.86. The van der Waals surface area contributed by atoms with Crippen LogP contribution in [-0.4, -0.2) is 47.2 Å². The molecule has 5 aromatic rings. The van der Waals surface area contributed by atoms with Gasteiger partial charge in [0.1, 0.15) is 17.1 Å². The van der Waals surface area contributed by atoms with Gasteiger partial charge < -0.3 is 19.5 Å². The second kappa shape index (κ2) is 11.5. The Bertz CT molecular complexity index is 1810. The maximum absolute atomic E-state index is 15.2. The number of fused-ring (bicyclic) bond motifs is 1. The number of nitrogens with one attached hydrogen (secondary N) is 3. The third-order valence-electron chi connectivity index (χ3n) is 7.24. The van der Waals surface area contributed by atoms with Gasteiger partial charge in [-0.3, -0.25) is 25.0 Å². The third-order valence-corrected chi connectivity index (χ3v) is 7.24. The number of rotatable bonds is 8. The van der Waals surface area contributed by atoms with Gasteiger partial charge in [-0.1, -0.05) is 25.1 Å². The number of amides is 1. The first kappa shape index (κ1) is 27.2. The van der Waals surface area contributed by atoms with Crippen LogP contribution in [0.3, 0.4) is 0 Å². The summed E-state index contributed by atoms with van der Waals surface area (Å²) in [5.74, 6) is -0.650. The Labute approximate surface area is 240 Å². The van der Waals surface area contributed by atoms with E-state index in [1.807, 2.05) is 13.0 Å². The van der Waals surface area contributed by atoms with E-state index in [1.165, 1.54) is 16.8 Å². The van der Waals surface area contributed by atoms with Crippen LogP contribution < -0.4 is 25.7 Å². The van der Waals surface area contributed by atoms with Gasteiger partial charge in [-0.25, -0.2) is 9.07 Å². The summed E-state index contributed by atoms with van der Waals surface area (Å²) in [4.78, 5) is 31.4. The Kier molecular flexibility index (Phi) is 7.43. The number of aromatic amines is 1. The van der Waals surface area contributed by atoms with E-state index in [2.05, 4.69) is 20.7 Å². The molecule has 0 bridgehead atoms. The number of pyridine rings is 1. The molecule has 214 valence electrons. The van der Waals surface area contributed by atoms with Crippen LogP contribution >= 0.6 is 0 Å². The van der Waals surface area contributed by atoms with Crippen molar-refractivity contribution in [1.29, 1.82) is 0 Å². The van der Waals surface area contributed by atoms with Crippen molar-refractivity contribution < 1.29 is 23.4 Å². The van der Waals surface area contributed by atoms with E-state index >= 15 is 4.39 Å². The number of H-pyrrole nitrogens is 1. The van der Waals surface area contributed by atoms with E-state index in [4.69, 9.17) is 14.2 Å². The molecule has 42 heavy (non-hydrogen) atoms. The Balaban J connectivity index is 1.28. The summed E-state index contributed by atoms with van der Waals surface area (Å²) in [5, 5.41) is 9.59. The smallest absolute Gasteiger partial charge is 0.284 e. The molecule has 0 spiro atoms. The summed E-state index contributed by atoms with van der Waals surface area (Å²) in [7, 11) is 1.56. The van der Waals surface area contributed by atoms with Gasteiger partial charge in [0.25, 0.3) is 11.5 Å². The standard InChI is InChI=1S/C31H28FN5O5/c1-18(27-16-33-17-41-27)29-28(31(39)37(36-29)20-6-4-3-5-7-20)30(38)35-19-8-11-26(23(32)14-19)42-25-12-13-34-24-15-21(40-2)9-10-22(24)25/h3-15,18,27,33,36H,16-17H2,1-2H3,(H,35,38). The lowest BCUT2D eigenvalue weighted by Gasteiger charge is -2.17. The number of para-hydroxylation sites is 1. The summed E-state index contributed by atoms with van der Waals surface area (Å²) < 4.78 is 33.4. The Hall–Kier alpha value is -5.00. The Morgan fingerprint density at radius 3 is 2.69 bits per heavy atom. The van der Waals surface area contributed by atoms with Gasteiger partial charge in [-0.15, -0.1) is 0 Å². The number of aromatic nitrogens is 3. The number of nitrogens with zero attached hydrogens (tertiary/aromatic N) is 2. The van der Waals surface area contributed by atoms with Crippen molar-refractivity contribution in [3.63, 3.8) is 0 Å². The first-order valence-corrected chi connectivity index (χ1v) is 13.4. The fourth-order valence-corrected chi connectivity index (χ4v) is 4.99. The van der Waals surface area contributed by atoms with E-state index in [1.54, 1.807) is 61.8 Å². The van der Waals surface area contributed by atoms with E-state index in [0.29, 0.717) is 47.1 Å². The topological polar surface area (TPSA) is 120 Å². The highest BCUT2D eigenvalue weighted by Gasteiger charge is 2.32. The number of hydrogen-bond acceptors (Lipinski definition) is 7. The molecule has 1 aliphatic heterocycles. The van der Waals surface area contributed by atoms with Gasteiger partial charge in [0.15, 0.2) is 11.6 Å². The zero-order chi connectivity index (χ0) is 29.2. The predicted molar refractivity (Wildman–Crippen MR) is 155 cm³/mol. The molecule has 11 heteroatoms. The van der Waals surface area contributed by atoms with Crippen LogP contribution in [0, 0.1) is 5.82 Å². The average Bonchev–Trinajstić information content (AvgIpc) is 3.67. The van der Waals surface area contributed by atoms with Crippen molar-refractivity contribution in [3.05, 3.63) is 106 Å². The molecule has 2 atom stereocenters. The van der Waals surface area contributed by atoms with Crippen molar-refractivity contribution in [2.24, 2.45) is 0 Å². The van der Waals surface area contributed by atoms with Crippen molar-refractivity contribution in [2.45, 2.75) is 18.9 Å².